The number of carbonyl (C=O) groups excluding carboxylic acids is 1. The van der Waals surface area contributed by atoms with Gasteiger partial charge in [-0.25, -0.2) is 0 Å². The Hall–Kier alpha value is -2.15. The van der Waals surface area contributed by atoms with Gasteiger partial charge in [-0.1, -0.05) is 0 Å². The van der Waals surface area contributed by atoms with E-state index < -0.39 is 4.92 Å². The van der Waals surface area contributed by atoms with Crippen LogP contribution >= 0.6 is 0 Å². The molecule has 1 amide bonds. The molecule has 1 heterocycles. The van der Waals surface area contributed by atoms with Gasteiger partial charge in [-0.3, -0.25) is 14.9 Å². The second-order valence-electron chi connectivity index (χ2n) is 4.32. The molecule has 1 aromatic carbocycles. The summed E-state index contributed by atoms with van der Waals surface area (Å²) in [7, 11) is 0. The molecular formula is C12H15N3O4. The molecule has 1 aliphatic heterocycles. The van der Waals surface area contributed by atoms with Crippen molar-refractivity contribution in [3.8, 4) is 0 Å². The van der Waals surface area contributed by atoms with Gasteiger partial charge in [0.1, 0.15) is 0 Å². The van der Waals surface area contributed by atoms with E-state index in [-0.39, 0.29) is 23.8 Å². The van der Waals surface area contributed by atoms with E-state index >= 15 is 0 Å². The molecule has 1 aromatic rings. The Morgan fingerprint density at radius 2 is 2.21 bits per heavy atom. The first-order chi connectivity index (χ1) is 9.11. The minimum atomic E-state index is -0.511. The van der Waals surface area contributed by atoms with Gasteiger partial charge in [-0.2, -0.15) is 0 Å². The zero-order valence-electron chi connectivity index (χ0n) is 10.3. The van der Waals surface area contributed by atoms with Crippen LogP contribution in [0.2, 0.25) is 0 Å². The standard InChI is InChI=1S/C12H15N3O4/c16-8-9-7-10(1-2-11(9)15(18)19)14-5-3-12(17)13-4-6-14/h1-2,7,16H,3-6,8H2,(H,13,17). The van der Waals surface area contributed by atoms with Crippen molar-refractivity contribution in [3.05, 3.63) is 33.9 Å². The van der Waals surface area contributed by atoms with Crippen molar-refractivity contribution >= 4 is 17.3 Å². The van der Waals surface area contributed by atoms with Crippen molar-refractivity contribution in [3.63, 3.8) is 0 Å². The zero-order valence-corrected chi connectivity index (χ0v) is 10.3. The molecule has 0 spiro atoms. The monoisotopic (exact) mass is 265 g/mol. The lowest BCUT2D eigenvalue weighted by atomic mass is 10.1. The van der Waals surface area contributed by atoms with Crippen molar-refractivity contribution in [2.24, 2.45) is 0 Å². The summed E-state index contributed by atoms with van der Waals surface area (Å²) >= 11 is 0. The fraction of sp³-hybridized carbons (Fsp3) is 0.417. The van der Waals surface area contributed by atoms with E-state index in [0.29, 0.717) is 26.1 Å². The number of aliphatic hydroxyl groups is 1. The Morgan fingerprint density at radius 3 is 2.89 bits per heavy atom. The Balaban J connectivity index is 2.25. The van der Waals surface area contributed by atoms with Gasteiger partial charge in [-0.05, 0) is 12.1 Å². The predicted octanol–water partition coefficient (Wildman–Crippen LogP) is 0.413. The molecule has 0 unspecified atom stereocenters. The predicted molar refractivity (Wildman–Crippen MR) is 68.9 cm³/mol. The summed E-state index contributed by atoms with van der Waals surface area (Å²) in [4.78, 5) is 23.5. The normalized spacial score (nSPS) is 15.8. The molecule has 0 atom stereocenters. The highest BCUT2D eigenvalue weighted by Crippen LogP contribution is 2.25. The third-order valence-electron chi connectivity index (χ3n) is 3.11. The first kappa shape index (κ1) is 13.3. The highest BCUT2D eigenvalue weighted by atomic mass is 16.6. The third-order valence-corrected chi connectivity index (χ3v) is 3.11. The largest absolute Gasteiger partial charge is 0.391 e. The van der Waals surface area contributed by atoms with Crippen molar-refractivity contribution < 1.29 is 14.8 Å². The van der Waals surface area contributed by atoms with Crippen LogP contribution in [0.25, 0.3) is 0 Å². The van der Waals surface area contributed by atoms with E-state index in [4.69, 9.17) is 0 Å². The van der Waals surface area contributed by atoms with Gasteiger partial charge in [0.05, 0.1) is 17.1 Å². The van der Waals surface area contributed by atoms with Gasteiger partial charge in [0.2, 0.25) is 5.91 Å². The summed E-state index contributed by atoms with van der Waals surface area (Å²) in [6.07, 6.45) is 0.394. The number of nitrogens with zero attached hydrogens (tertiary/aromatic N) is 2. The summed E-state index contributed by atoms with van der Waals surface area (Å²) in [5.74, 6) is 0.00629. The van der Waals surface area contributed by atoms with E-state index in [2.05, 4.69) is 5.32 Å². The second-order valence-corrected chi connectivity index (χ2v) is 4.32. The fourth-order valence-electron chi connectivity index (χ4n) is 2.10. The Bertz CT molecular complexity index is 504. The van der Waals surface area contributed by atoms with Gasteiger partial charge in [-0.15, -0.1) is 0 Å². The molecule has 0 aliphatic carbocycles. The van der Waals surface area contributed by atoms with Crippen LogP contribution in [0.1, 0.15) is 12.0 Å². The van der Waals surface area contributed by atoms with Crippen LogP contribution in [0.3, 0.4) is 0 Å². The lowest BCUT2D eigenvalue weighted by Crippen LogP contribution is -2.28. The number of nitrogens with one attached hydrogen (secondary N) is 1. The number of amides is 1. The molecule has 0 radical (unpaired) electrons. The van der Waals surface area contributed by atoms with Gasteiger partial charge >= 0.3 is 0 Å². The molecule has 2 rings (SSSR count). The van der Waals surface area contributed by atoms with E-state index in [0.717, 1.165) is 5.69 Å². The fourth-order valence-corrected chi connectivity index (χ4v) is 2.10. The van der Waals surface area contributed by atoms with E-state index in [1.807, 2.05) is 4.90 Å². The number of hydrogen-bond acceptors (Lipinski definition) is 5. The average molecular weight is 265 g/mol. The van der Waals surface area contributed by atoms with Crippen molar-refractivity contribution in [2.45, 2.75) is 13.0 Å². The molecule has 1 fully saturated rings. The number of benzene rings is 1. The van der Waals surface area contributed by atoms with E-state index in [9.17, 15) is 20.0 Å². The quantitative estimate of drug-likeness (QED) is 0.609. The van der Waals surface area contributed by atoms with Gasteiger partial charge in [0.15, 0.2) is 0 Å². The SMILES string of the molecule is O=C1CCN(c2ccc([N+](=O)[O-])c(CO)c2)CCN1. The zero-order chi connectivity index (χ0) is 13.8. The molecule has 0 bridgehead atoms. The smallest absolute Gasteiger partial charge is 0.275 e. The molecule has 102 valence electrons. The average Bonchev–Trinajstić information content (AvgIpc) is 2.62. The molecular weight excluding hydrogens is 250 g/mol. The highest BCUT2D eigenvalue weighted by Gasteiger charge is 2.18. The number of rotatable bonds is 3. The maximum Gasteiger partial charge on any atom is 0.275 e. The first-order valence-electron chi connectivity index (χ1n) is 6.01. The summed E-state index contributed by atoms with van der Waals surface area (Å²) < 4.78 is 0. The summed E-state index contributed by atoms with van der Waals surface area (Å²) in [5.41, 5.74) is 0.979. The number of nitro benzene ring substituents is 1. The highest BCUT2D eigenvalue weighted by molar-refractivity contribution is 5.77. The minimum Gasteiger partial charge on any atom is -0.391 e. The van der Waals surface area contributed by atoms with Gasteiger partial charge < -0.3 is 15.3 Å². The second kappa shape index (κ2) is 5.66. The van der Waals surface area contributed by atoms with Crippen LogP contribution in [-0.2, 0) is 11.4 Å². The first-order valence-corrected chi connectivity index (χ1v) is 6.01. The van der Waals surface area contributed by atoms with Crippen molar-refractivity contribution in [1.29, 1.82) is 0 Å². The van der Waals surface area contributed by atoms with E-state index in [1.165, 1.54) is 6.07 Å². The summed E-state index contributed by atoms with van der Waals surface area (Å²) in [6, 6.07) is 4.64. The van der Waals surface area contributed by atoms with Gasteiger partial charge in [0.25, 0.3) is 5.69 Å². The molecule has 1 saturated heterocycles. The number of nitro groups is 1. The summed E-state index contributed by atoms with van der Waals surface area (Å²) in [6.45, 7) is 1.38. The molecule has 19 heavy (non-hydrogen) atoms. The summed E-state index contributed by atoms with van der Waals surface area (Å²) in [5, 5.41) is 22.8. The molecule has 2 N–H and O–H groups in total. The lowest BCUT2D eigenvalue weighted by molar-refractivity contribution is -0.385. The van der Waals surface area contributed by atoms with Crippen LogP contribution in [0.5, 0.6) is 0 Å². The number of hydrogen-bond donors (Lipinski definition) is 2. The molecule has 0 saturated carbocycles. The van der Waals surface area contributed by atoms with Crippen molar-refractivity contribution in [2.75, 3.05) is 24.5 Å². The molecule has 1 aliphatic rings. The third kappa shape index (κ3) is 3.00. The minimum absolute atomic E-state index is 0.00629. The molecule has 7 nitrogen and oxygen atoms in total. The number of anilines is 1. The van der Waals surface area contributed by atoms with Gasteiger partial charge in [0, 0.05) is 37.8 Å². The Morgan fingerprint density at radius 1 is 1.42 bits per heavy atom. The van der Waals surface area contributed by atoms with Crippen LogP contribution in [0.15, 0.2) is 18.2 Å². The maximum atomic E-state index is 11.3. The lowest BCUT2D eigenvalue weighted by Gasteiger charge is -2.22. The van der Waals surface area contributed by atoms with Crippen LogP contribution in [0.4, 0.5) is 11.4 Å². The van der Waals surface area contributed by atoms with E-state index in [1.54, 1.807) is 12.1 Å². The van der Waals surface area contributed by atoms with Crippen molar-refractivity contribution in [1.82, 2.24) is 5.32 Å². The number of aliphatic hydroxyl groups excluding tert-OH is 1. The van der Waals surface area contributed by atoms with Crippen LogP contribution < -0.4 is 10.2 Å². The Labute approximate surface area is 110 Å². The van der Waals surface area contributed by atoms with Crippen LogP contribution in [-0.4, -0.2) is 35.6 Å². The maximum absolute atomic E-state index is 11.3. The Kier molecular flexibility index (Phi) is 3.96. The molecule has 0 aromatic heterocycles. The molecule has 7 heteroatoms. The topological polar surface area (TPSA) is 95.7 Å². The number of carbonyl (C=O) groups is 1. The van der Waals surface area contributed by atoms with Crippen LogP contribution in [0, 0.1) is 10.1 Å².